The van der Waals surface area contributed by atoms with Crippen LogP contribution in [0.1, 0.15) is 35.6 Å². The molecule has 19 heavy (non-hydrogen) atoms. The highest BCUT2D eigenvalue weighted by Gasteiger charge is 2.16. The molecule has 0 aromatic carbocycles. The summed E-state index contributed by atoms with van der Waals surface area (Å²) in [5.41, 5.74) is 7.50. The van der Waals surface area contributed by atoms with Crippen LogP contribution >= 0.6 is 11.3 Å². The first kappa shape index (κ1) is 13.8. The summed E-state index contributed by atoms with van der Waals surface area (Å²) in [4.78, 5) is 17.9. The van der Waals surface area contributed by atoms with E-state index in [-0.39, 0.29) is 5.91 Å². The largest absolute Gasteiger partial charge is 0.397 e. The van der Waals surface area contributed by atoms with E-state index in [9.17, 15) is 4.79 Å². The number of hydrogen-bond acceptors (Lipinski definition) is 4. The minimum Gasteiger partial charge on any atom is -0.397 e. The zero-order valence-corrected chi connectivity index (χ0v) is 12.3. The maximum Gasteiger partial charge on any atom is 0.263 e. The standard InChI is InChI=1S/C14H19N3OS/c1-8(2)6-7-16-13(18)12-11(15)10-5-4-9(3)17-14(10)19-12/h4-5,8H,6-7,15H2,1-3H3,(H,16,18). The number of nitrogen functional groups attached to an aromatic ring is 1. The maximum atomic E-state index is 12.1. The molecule has 0 unspecified atom stereocenters. The van der Waals surface area contributed by atoms with Gasteiger partial charge in [-0.25, -0.2) is 4.98 Å². The van der Waals surface area contributed by atoms with Crippen LogP contribution in [0.3, 0.4) is 0 Å². The summed E-state index contributed by atoms with van der Waals surface area (Å²) in [6.07, 6.45) is 0.966. The minimum atomic E-state index is -0.0983. The lowest BCUT2D eigenvalue weighted by Gasteiger charge is -2.06. The van der Waals surface area contributed by atoms with Crippen LogP contribution in [0.25, 0.3) is 10.2 Å². The molecular weight excluding hydrogens is 258 g/mol. The fourth-order valence-corrected chi connectivity index (χ4v) is 2.87. The van der Waals surface area contributed by atoms with E-state index < -0.39 is 0 Å². The van der Waals surface area contributed by atoms with Crippen LogP contribution in [-0.2, 0) is 0 Å². The molecule has 0 aliphatic rings. The molecule has 2 aromatic rings. The highest BCUT2D eigenvalue weighted by molar-refractivity contribution is 7.21. The number of aryl methyl sites for hydroxylation is 1. The van der Waals surface area contributed by atoms with Crippen LogP contribution in [0.2, 0.25) is 0 Å². The molecule has 0 bridgehead atoms. The molecule has 3 N–H and O–H groups in total. The van der Waals surface area contributed by atoms with Crippen molar-refractivity contribution in [2.75, 3.05) is 12.3 Å². The second kappa shape index (κ2) is 5.57. The smallest absolute Gasteiger partial charge is 0.263 e. The number of nitrogens with one attached hydrogen (secondary N) is 1. The Balaban J connectivity index is 2.20. The van der Waals surface area contributed by atoms with Crippen molar-refractivity contribution >= 4 is 33.1 Å². The second-order valence-electron chi connectivity index (χ2n) is 5.09. The normalized spacial score (nSPS) is 11.2. The zero-order chi connectivity index (χ0) is 14.0. The van der Waals surface area contributed by atoms with Gasteiger partial charge in [0, 0.05) is 17.6 Å². The first-order chi connectivity index (χ1) is 8.99. The van der Waals surface area contributed by atoms with Crippen LogP contribution in [-0.4, -0.2) is 17.4 Å². The Morgan fingerprint density at radius 2 is 2.21 bits per heavy atom. The molecule has 2 aromatic heterocycles. The van der Waals surface area contributed by atoms with E-state index >= 15 is 0 Å². The van der Waals surface area contributed by atoms with Crippen LogP contribution in [0.5, 0.6) is 0 Å². The number of carbonyl (C=O) groups excluding carboxylic acids is 1. The lowest BCUT2D eigenvalue weighted by Crippen LogP contribution is -2.25. The summed E-state index contributed by atoms with van der Waals surface area (Å²) in [7, 11) is 0. The van der Waals surface area contributed by atoms with Gasteiger partial charge in [0.25, 0.3) is 5.91 Å². The lowest BCUT2D eigenvalue weighted by atomic mass is 10.1. The van der Waals surface area contributed by atoms with Crippen molar-refractivity contribution in [2.45, 2.75) is 27.2 Å². The van der Waals surface area contributed by atoms with E-state index in [1.165, 1.54) is 11.3 Å². The summed E-state index contributed by atoms with van der Waals surface area (Å²) < 4.78 is 0. The number of rotatable bonds is 4. The quantitative estimate of drug-likeness (QED) is 0.902. The van der Waals surface area contributed by atoms with E-state index in [4.69, 9.17) is 5.73 Å². The number of pyridine rings is 1. The van der Waals surface area contributed by atoms with Gasteiger partial charge in [-0.15, -0.1) is 11.3 Å². The van der Waals surface area contributed by atoms with Gasteiger partial charge in [0.1, 0.15) is 9.71 Å². The van der Waals surface area contributed by atoms with Crippen LogP contribution in [0.4, 0.5) is 5.69 Å². The lowest BCUT2D eigenvalue weighted by molar-refractivity contribution is 0.0957. The molecule has 0 saturated carbocycles. The fraction of sp³-hybridized carbons (Fsp3) is 0.429. The van der Waals surface area contributed by atoms with E-state index in [2.05, 4.69) is 24.1 Å². The maximum absolute atomic E-state index is 12.1. The Morgan fingerprint density at radius 1 is 1.47 bits per heavy atom. The Labute approximate surface area is 117 Å². The van der Waals surface area contributed by atoms with E-state index in [0.717, 1.165) is 22.3 Å². The summed E-state index contributed by atoms with van der Waals surface area (Å²) in [6, 6.07) is 3.83. The number of nitrogens with zero attached hydrogens (tertiary/aromatic N) is 1. The molecule has 0 spiro atoms. The average Bonchev–Trinajstić information content (AvgIpc) is 2.65. The first-order valence-corrected chi connectivity index (χ1v) is 7.24. The number of anilines is 1. The van der Waals surface area contributed by atoms with Gasteiger partial charge >= 0.3 is 0 Å². The van der Waals surface area contributed by atoms with Gasteiger partial charge in [-0.2, -0.15) is 0 Å². The molecule has 1 amide bonds. The summed E-state index contributed by atoms with van der Waals surface area (Å²) in [6.45, 7) is 6.87. The van der Waals surface area contributed by atoms with E-state index in [0.29, 0.717) is 23.0 Å². The molecule has 2 heterocycles. The third-order valence-electron chi connectivity index (χ3n) is 2.95. The number of fused-ring (bicyclic) bond motifs is 1. The van der Waals surface area contributed by atoms with Gasteiger partial charge in [-0.1, -0.05) is 13.8 Å². The van der Waals surface area contributed by atoms with Gasteiger partial charge in [-0.3, -0.25) is 4.79 Å². The van der Waals surface area contributed by atoms with Crippen LogP contribution in [0, 0.1) is 12.8 Å². The summed E-state index contributed by atoms with van der Waals surface area (Å²) >= 11 is 1.36. The predicted molar refractivity (Wildman–Crippen MR) is 80.6 cm³/mol. The van der Waals surface area contributed by atoms with Gasteiger partial charge in [0.05, 0.1) is 5.69 Å². The van der Waals surface area contributed by atoms with Crippen molar-refractivity contribution in [1.82, 2.24) is 10.3 Å². The first-order valence-electron chi connectivity index (χ1n) is 6.43. The molecule has 0 radical (unpaired) electrons. The molecule has 0 atom stereocenters. The monoisotopic (exact) mass is 277 g/mol. The Hall–Kier alpha value is -1.62. The molecule has 4 nitrogen and oxygen atoms in total. The number of amides is 1. The van der Waals surface area contributed by atoms with Crippen molar-refractivity contribution in [3.05, 3.63) is 22.7 Å². The van der Waals surface area contributed by atoms with Crippen molar-refractivity contribution < 1.29 is 4.79 Å². The molecule has 2 rings (SSSR count). The number of aromatic nitrogens is 1. The zero-order valence-electron chi connectivity index (χ0n) is 11.5. The SMILES string of the molecule is Cc1ccc2c(N)c(C(=O)NCCC(C)C)sc2n1. The van der Waals surface area contributed by atoms with Gasteiger partial charge in [0.15, 0.2) is 0 Å². The fourth-order valence-electron chi connectivity index (χ4n) is 1.81. The van der Waals surface area contributed by atoms with Crippen molar-refractivity contribution in [2.24, 2.45) is 5.92 Å². The topological polar surface area (TPSA) is 68.0 Å². The summed E-state index contributed by atoms with van der Waals surface area (Å²) in [5, 5.41) is 3.78. The van der Waals surface area contributed by atoms with Crippen LogP contribution in [0.15, 0.2) is 12.1 Å². The molecule has 0 fully saturated rings. The summed E-state index contributed by atoms with van der Waals surface area (Å²) in [5.74, 6) is 0.475. The highest BCUT2D eigenvalue weighted by Crippen LogP contribution is 2.32. The average molecular weight is 277 g/mol. The number of carbonyl (C=O) groups is 1. The van der Waals surface area contributed by atoms with E-state index in [1.54, 1.807) is 0 Å². The Bertz CT molecular complexity index is 604. The molecular formula is C14H19N3OS. The number of nitrogens with two attached hydrogens (primary N) is 1. The van der Waals surface area contributed by atoms with Crippen molar-refractivity contribution in [3.8, 4) is 0 Å². The highest BCUT2D eigenvalue weighted by atomic mass is 32.1. The third-order valence-corrected chi connectivity index (χ3v) is 4.06. The second-order valence-corrected chi connectivity index (χ2v) is 6.09. The Morgan fingerprint density at radius 3 is 2.89 bits per heavy atom. The minimum absolute atomic E-state index is 0.0983. The third kappa shape index (κ3) is 3.04. The predicted octanol–water partition coefficient (Wildman–Crippen LogP) is 2.96. The van der Waals surface area contributed by atoms with Crippen LogP contribution < -0.4 is 11.1 Å². The van der Waals surface area contributed by atoms with Gasteiger partial charge in [-0.05, 0) is 31.4 Å². The van der Waals surface area contributed by atoms with Crippen molar-refractivity contribution in [1.29, 1.82) is 0 Å². The molecule has 5 heteroatoms. The Kier molecular flexibility index (Phi) is 4.04. The number of thiophene rings is 1. The van der Waals surface area contributed by atoms with E-state index in [1.807, 2.05) is 19.1 Å². The molecule has 102 valence electrons. The molecule has 0 saturated heterocycles. The molecule has 0 aliphatic carbocycles. The molecule has 0 aliphatic heterocycles. The van der Waals surface area contributed by atoms with Gasteiger partial charge in [0.2, 0.25) is 0 Å². The van der Waals surface area contributed by atoms with Crippen molar-refractivity contribution in [3.63, 3.8) is 0 Å². The number of hydrogen-bond donors (Lipinski definition) is 2. The van der Waals surface area contributed by atoms with Gasteiger partial charge < -0.3 is 11.1 Å².